The molecule has 1 heterocycles. The number of hydrogen-bond acceptors (Lipinski definition) is 5. The second-order valence-electron chi connectivity index (χ2n) is 4.81. The van der Waals surface area contributed by atoms with Crippen LogP contribution >= 0.6 is 11.3 Å². The third-order valence-corrected chi connectivity index (χ3v) is 5.46. The highest BCUT2D eigenvalue weighted by Gasteiger charge is 2.16. The van der Waals surface area contributed by atoms with Crippen LogP contribution < -0.4 is 10.0 Å². The lowest BCUT2D eigenvalue weighted by atomic mass is 10.3. The molecule has 24 heavy (non-hydrogen) atoms. The van der Waals surface area contributed by atoms with E-state index in [-0.39, 0.29) is 4.90 Å². The van der Waals surface area contributed by atoms with Gasteiger partial charge in [-0.1, -0.05) is 23.5 Å². The lowest BCUT2D eigenvalue weighted by Gasteiger charge is -2.06. The Morgan fingerprint density at radius 3 is 2.54 bits per heavy atom. The van der Waals surface area contributed by atoms with Crippen molar-refractivity contribution in [2.45, 2.75) is 4.90 Å². The van der Waals surface area contributed by atoms with Crippen LogP contribution in [0.3, 0.4) is 0 Å². The van der Waals surface area contributed by atoms with E-state index in [1.807, 2.05) is 24.3 Å². The van der Waals surface area contributed by atoms with Crippen molar-refractivity contribution in [2.24, 2.45) is 0 Å². The van der Waals surface area contributed by atoms with Gasteiger partial charge in [0.15, 0.2) is 5.13 Å². The number of aromatic nitrogens is 1. The fraction of sp³-hybridized carbons (Fsp3) is 0.0667. The molecule has 1 aromatic heterocycles. The van der Waals surface area contributed by atoms with E-state index in [1.54, 1.807) is 0 Å². The Labute approximate surface area is 141 Å². The summed E-state index contributed by atoms with van der Waals surface area (Å²) in [7, 11) is -3.88. The third-order valence-electron chi connectivity index (χ3n) is 3.09. The summed E-state index contributed by atoms with van der Waals surface area (Å²) in [5.74, 6) is -1.08. The summed E-state index contributed by atoms with van der Waals surface area (Å²) in [4.78, 5) is 16.0. The van der Waals surface area contributed by atoms with Gasteiger partial charge in [0.2, 0.25) is 15.9 Å². The fourth-order valence-corrected chi connectivity index (χ4v) is 3.81. The molecule has 1 amide bonds. The van der Waals surface area contributed by atoms with Crippen molar-refractivity contribution >= 4 is 42.6 Å². The molecule has 2 aromatic carbocycles. The van der Waals surface area contributed by atoms with E-state index in [2.05, 4.69) is 15.0 Å². The van der Waals surface area contributed by atoms with Gasteiger partial charge in [-0.05, 0) is 36.4 Å². The van der Waals surface area contributed by atoms with Gasteiger partial charge in [-0.2, -0.15) is 0 Å². The second-order valence-corrected chi connectivity index (χ2v) is 7.61. The first-order valence-electron chi connectivity index (χ1n) is 6.85. The Kier molecular flexibility index (Phi) is 4.56. The maximum atomic E-state index is 12.8. The van der Waals surface area contributed by atoms with E-state index in [0.717, 1.165) is 34.5 Å². The minimum atomic E-state index is -3.88. The largest absolute Gasteiger partial charge is 0.301 e. The zero-order chi connectivity index (χ0) is 17.2. The van der Waals surface area contributed by atoms with Crippen LogP contribution in [0, 0.1) is 5.82 Å². The van der Waals surface area contributed by atoms with Crippen LogP contribution in [0.4, 0.5) is 9.52 Å². The zero-order valence-electron chi connectivity index (χ0n) is 12.2. The standard InChI is InChI=1S/C15H12FN3O3S2/c16-10-5-7-11(8-6-10)24(21,22)17-9-14(20)19-15-18-12-3-1-2-4-13(12)23-15/h1-8,17H,9H2,(H,18,19,20). The van der Waals surface area contributed by atoms with Gasteiger partial charge in [0.25, 0.3) is 0 Å². The minimum Gasteiger partial charge on any atom is -0.301 e. The van der Waals surface area contributed by atoms with Crippen LogP contribution in [0.25, 0.3) is 10.2 Å². The van der Waals surface area contributed by atoms with E-state index < -0.39 is 28.3 Å². The molecule has 0 radical (unpaired) electrons. The summed E-state index contributed by atoms with van der Waals surface area (Å²) < 4.78 is 39.9. The van der Waals surface area contributed by atoms with Crippen LogP contribution in [-0.4, -0.2) is 25.9 Å². The number of fused-ring (bicyclic) bond motifs is 1. The predicted octanol–water partition coefficient (Wildman–Crippen LogP) is 2.35. The molecular formula is C15H12FN3O3S2. The highest BCUT2D eigenvalue weighted by Crippen LogP contribution is 2.25. The molecule has 0 atom stereocenters. The average Bonchev–Trinajstić information content (AvgIpc) is 2.95. The summed E-state index contributed by atoms with van der Waals surface area (Å²) in [5.41, 5.74) is 0.754. The Morgan fingerprint density at radius 1 is 1.12 bits per heavy atom. The second kappa shape index (κ2) is 6.63. The molecular weight excluding hydrogens is 353 g/mol. The number of benzene rings is 2. The first-order chi connectivity index (χ1) is 11.4. The Balaban J connectivity index is 1.63. The molecule has 2 N–H and O–H groups in total. The molecule has 124 valence electrons. The first kappa shape index (κ1) is 16.5. The number of thiazole rings is 1. The van der Waals surface area contributed by atoms with Gasteiger partial charge < -0.3 is 5.32 Å². The molecule has 0 unspecified atom stereocenters. The smallest absolute Gasteiger partial charge is 0.241 e. The number of halogens is 1. The normalized spacial score (nSPS) is 11.5. The predicted molar refractivity (Wildman–Crippen MR) is 89.8 cm³/mol. The molecule has 0 fully saturated rings. The molecule has 3 aromatic rings. The minimum absolute atomic E-state index is 0.114. The summed E-state index contributed by atoms with van der Waals surface area (Å²) in [5, 5.41) is 2.94. The molecule has 6 nitrogen and oxygen atoms in total. The van der Waals surface area contributed by atoms with Crippen molar-refractivity contribution in [2.75, 3.05) is 11.9 Å². The summed E-state index contributed by atoms with van der Waals surface area (Å²) in [6.45, 7) is -0.449. The Hall–Kier alpha value is -2.36. The van der Waals surface area contributed by atoms with Crippen LogP contribution in [0.1, 0.15) is 0 Å². The van der Waals surface area contributed by atoms with Crippen molar-refractivity contribution in [3.05, 3.63) is 54.3 Å². The molecule has 9 heteroatoms. The number of para-hydroxylation sites is 1. The molecule has 0 aliphatic heterocycles. The van der Waals surface area contributed by atoms with Crippen molar-refractivity contribution in [1.82, 2.24) is 9.71 Å². The number of sulfonamides is 1. The van der Waals surface area contributed by atoms with E-state index in [4.69, 9.17) is 0 Å². The first-order valence-corrected chi connectivity index (χ1v) is 9.15. The van der Waals surface area contributed by atoms with Crippen LogP contribution in [0.2, 0.25) is 0 Å². The monoisotopic (exact) mass is 365 g/mol. The Bertz CT molecular complexity index is 952. The van der Waals surface area contributed by atoms with Gasteiger partial charge in [-0.15, -0.1) is 0 Å². The molecule has 0 aliphatic rings. The summed E-state index contributed by atoms with van der Waals surface area (Å²) in [6, 6.07) is 11.7. The van der Waals surface area contributed by atoms with Crippen LogP contribution in [0.5, 0.6) is 0 Å². The van der Waals surface area contributed by atoms with Crippen LogP contribution in [-0.2, 0) is 14.8 Å². The maximum absolute atomic E-state index is 12.8. The van der Waals surface area contributed by atoms with Gasteiger partial charge >= 0.3 is 0 Å². The number of rotatable bonds is 5. The van der Waals surface area contributed by atoms with Gasteiger partial charge in [-0.3, -0.25) is 4.79 Å². The molecule has 0 saturated heterocycles. The number of carbonyl (C=O) groups is 1. The number of nitrogens with one attached hydrogen (secondary N) is 2. The van der Waals surface area contributed by atoms with E-state index >= 15 is 0 Å². The van der Waals surface area contributed by atoms with Gasteiger partial charge in [0.05, 0.1) is 21.7 Å². The topological polar surface area (TPSA) is 88.2 Å². The molecule has 0 aliphatic carbocycles. The van der Waals surface area contributed by atoms with Crippen LogP contribution in [0.15, 0.2) is 53.4 Å². The molecule has 3 rings (SSSR count). The lowest BCUT2D eigenvalue weighted by molar-refractivity contribution is -0.115. The summed E-state index contributed by atoms with van der Waals surface area (Å²) in [6.07, 6.45) is 0. The zero-order valence-corrected chi connectivity index (χ0v) is 13.8. The number of amides is 1. The fourth-order valence-electron chi connectivity index (χ4n) is 1.95. The van der Waals surface area contributed by atoms with Gasteiger partial charge in [-0.25, -0.2) is 22.5 Å². The average molecular weight is 365 g/mol. The van der Waals surface area contributed by atoms with Crippen molar-refractivity contribution in [1.29, 1.82) is 0 Å². The lowest BCUT2D eigenvalue weighted by Crippen LogP contribution is -2.32. The third kappa shape index (κ3) is 3.75. The number of hydrogen-bond donors (Lipinski definition) is 2. The highest BCUT2D eigenvalue weighted by atomic mass is 32.2. The van der Waals surface area contributed by atoms with Gasteiger partial charge in [0, 0.05) is 0 Å². The molecule has 0 bridgehead atoms. The van der Waals surface area contributed by atoms with Crippen molar-refractivity contribution < 1.29 is 17.6 Å². The quantitative estimate of drug-likeness (QED) is 0.726. The van der Waals surface area contributed by atoms with Crippen molar-refractivity contribution in [3.63, 3.8) is 0 Å². The number of anilines is 1. The van der Waals surface area contributed by atoms with Gasteiger partial charge in [0.1, 0.15) is 5.82 Å². The van der Waals surface area contributed by atoms with E-state index in [0.29, 0.717) is 5.13 Å². The maximum Gasteiger partial charge on any atom is 0.241 e. The molecule has 0 spiro atoms. The SMILES string of the molecule is O=C(CNS(=O)(=O)c1ccc(F)cc1)Nc1nc2ccccc2s1. The van der Waals surface area contributed by atoms with E-state index in [1.165, 1.54) is 11.3 Å². The Morgan fingerprint density at radius 2 is 1.83 bits per heavy atom. The van der Waals surface area contributed by atoms with Crippen molar-refractivity contribution in [3.8, 4) is 0 Å². The highest BCUT2D eigenvalue weighted by molar-refractivity contribution is 7.89. The number of carbonyl (C=O) groups excluding carboxylic acids is 1. The van der Waals surface area contributed by atoms with E-state index in [9.17, 15) is 17.6 Å². The molecule has 0 saturated carbocycles. The summed E-state index contributed by atoms with van der Waals surface area (Å²) >= 11 is 1.29. The number of nitrogens with zero attached hydrogens (tertiary/aromatic N) is 1.